The molecule has 0 aliphatic heterocycles. The van der Waals surface area contributed by atoms with Crippen LogP contribution in [0.2, 0.25) is 5.02 Å². The van der Waals surface area contributed by atoms with Gasteiger partial charge in [0, 0.05) is 5.02 Å². The van der Waals surface area contributed by atoms with Crippen LogP contribution in [0.15, 0.2) is 18.2 Å². The van der Waals surface area contributed by atoms with Crippen molar-refractivity contribution in [1.29, 1.82) is 5.26 Å². The number of hydrogen-bond donors (Lipinski definition) is 1. The summed E-state index contributed by atoms with van der Waals surface area (Å²) in [4.78, 5) is 11.0. The van der Waals surface area contributed by atoms with Crippen molar-refractivity contribution in [2.45, 2.75) is 12.3 Å². The average molecular weight is 281 g/mol. The molecule has 0 fully saturated rings. The lowest BCUT2D eigenvalue weighted by Gasteiger charge is -2.15. The zero-order valence-electron chi connectivity index (χ0n) is 8.55. The molecular weight excluding hydrogens is 276 g/mol. The number of anilines is 1. The normalized spacial score (nSPS) is 11.2. The number of rotatable bonds is 3. The van der Waals surface area contributed by atoms with Gasteiger partial charge in [-0.25, -0.2) is 8.78 Å². The van der Waals surface area contributed by atoms with Crippen LogP contribution < -0.4 is 5.32 Å². The number of nitrogens with one attached hydrogen (secondary N) is 1. The third-order valence-electron chi connectivity index (χ3n) is 1.93. The SMILES string of the molecule is N#Cc1ccc(Cl)cc1NC(=O)C(F)(F)C(F)F. The van der Waals surface area contributed by atoms with Crippen LogP contribution in [0.3, 0.4) is 0 Å². The smallest absolute Gasteiger partial charge is 0.319 e. The van der Waals surface area contributed by atoms with Crippen molar-refractivity contribution in [2.75, 3.05) is 5.32 Å². The molecule has 0 bridgehead atoms. The third-order valence-corrected chi connectivity index (χ3v) is 2.16. The Balaban J connectivity index is 3.02. The number of nitrogens with zero attached hydrogens (tertiary/aromatic N) is 1. The predicted octanol–water partition coefficient (Wildman–Crippen LogP) is 3.05. The zero-order valence-corrected chi connectivity index (χ0v) is 9.31. The van der Waals surface area contributed by atoms with Gasteiger partial charge in [-0.1, -0.05) is 11.6 Å². The Labute approximate surface area is 104 Å². The average Bonchev–Trinajstić information content (AvgIpc) is 2.29. The Bertz CT molecular complexity index is 513. The highest BCUT2D eigenvalue weighted by Crippen LogP contribution is 2.27. The van der Waals surface area contributed by atoms with Crippen molar-refractivity contribution in [1.82, 2.24) is 0 Å². The summed E-state index contributed by atoms with van der Waals surface area (Å²) in [5.41, 5.74) is -0.520. The molecule has 8 heteroatoms. The van der Waals surface area contributed by atoms with Gasteiger partial charge in [-0.15, -0.1) is 0 Å². The number of halogens is 5. The number of carbonyl (C=O) groups excluding carboxylic acids is 1. The minimum atomic E-state index is -4.84. The van der Waals surface area contributed by atoms with Crippen LogP contribution in [0.4, 0.5) is 23.2 Å². The van der Waals surface area contributed by atoms with Crippen LogP contribution in [0.25, 0.3) is 0 Å². The van der Waals surface area contributed by atoms with Crippen molar-refractivity contribution < 1.29 is 22.4 Å². The van der Waals surface area contributed by atoms with Gasteiger partial charge in [0.05, 0.1) is 11.3 Å². The van der Waals surface area contributed by atoms with Gasteiger partial charge in [0.1, 0.15) is 6.07 Å². The van der Waals surface area contributed by atoms with E-state index in [4.69, 9.17) is 16.9 Å². The van der Waals surface area contributed by atoms with Crippen molar-refractivity contribution in [3.63, 3.8) is 0 Å². The van der Waals surface area contributed by atoms with Crippen LogP contribution in [0.5, 0.6) is 0 Å². The summed E-state index contributed by atoms with van der Waals surface area (Å²) >= 11 is 5.54. The standard InChI is InChI=1S/C10H5ClF4N2O/c11-6-2-1-5(4-16)7(3-6)17-9(18)10(14,15)8(12)13/h1-3,8H,(H,17,18). The fourth-order valence-electron chi connectivity index (χ4n) is 1.02. The van der Waals surface area contributed by atoms with Gasteiger partial charge in [0.25, 0.3) is 0 Å². The summed E-state index contributed by atoms with van der Waals surface area (Å²) in [7, 11) is 0. The summed E-state index contributed by atoms with van der Waals surface area (Å²) in [5, 5.41) is 10.3. The fraction of sp³-hybridized carbons (Fsp3) is 0.200. The van der Waals surface area contributed by atoms with Crippen LogP contribution in [0, 0.1) is 11.3 Å². The summed E-state index contributed by atoms with van der Waals surface area (Å²) < 4.78 is 49.2. The maximum atomic E-state index is 12.7. The molecule has 1 N–H and O–H groups in total. The van der Waals surface area contributed by atoms with Crippen LogP contribution >= 0.6 is 11.6 Å². The summed E-state index contributed by atoms with van der Waals surface area (Å²) in [5.74, 6) is -7.04. The van der Waals surface area contributed by atoms with E-state index in [-0.39, 0.29) is 16.3 Å². The van der Waals surface area contributed by atoms with E-state index in [2.05, 4.69) is 0 Å². The van der Waals surface area contributed by atoms with E-state index in [0.717, 1.165) is 6.07 Å². The zero-order chi connectivity index (χ0) is 13.9. The Morgan fingerprint density at radius 1 is 1.44 bits per heavy atom. The molecule has 0 saturated carbocycles. The highest BCUT2D eigenvalue weighted by molar-refractivity contribution is 6.31. The molecule has 1 rings (SSSR count). The Hall–Kier alpha value is -1.81. The lowest BCUT2D eigenvalue weighted by Crippen LogP contribution is -2.41. The predicted molar refractivity (Wildman–Crippen MR) is 55.7 cm³/mol. The molecule has 1 aromatic rings. The first-order valence-electron chi connectivity index (χ1n) is 4.46. The van der Waals surface area contributed by atoms with Gasteiger partial charge < -0.3 is 5.32 Å². The third kappa shape index (κ3) is 2.90. The monoisotopic (exact) mass is 280 g/mol. The van der Waals surface area contributed by atoms with E-state index < -0.39 is 18.3 Å². The lowest BCUT2D eigenvalue weighted by molar-refractivity contribution is -0.163. The number of nitriles is 1. The quantitative estimate of drug-likeness (QED) is 0.865. The lowest BCUT2D eigenvalue weighted by atomic mass is 10.2. The molecule has 1 amide bonds. The topological polar surface area (TPSA) is 52.9 Å². The molecule has 0 saturated heterocycles. The molecule has 0 unspecified atom stereocenters. The Morgan fingerprint density at radius 2 is 2.06 bits per heavy atom. The largest absolute Gasteiger partial charge is 0.383 e. The molecule has 96 valence electrons. The molecule has 1 aromatic carbocycles. The molecule has 18 heavy (non-hydrogen) atoms. The fourth-order valence-corrected chi connectivity index (χ4v) is 1.19. The second-order valence-electron chi connectivity index (χ2n) is 3.18. The number of amides is 1. The van der Waals surface area contributed by atoms with E-state index in [1.165, 1.54) is 12.1 Å². The second-order valence-corrected chi connectivity index (χ2v) is 3.62. The minimum absolute atomic E-state index is 0.0599. The van der Waals surface area contributed by atoms with Crippen molar-refractivity contribution in [2.24, 2.45) is 0 Å². The van der Waals surface area contributed by atoms with E-state index in [1.54, 1.807) is 11.4 Å². The van der Waals surface area contributed by atoms with Crippen molar-refractivity contribution in [3.8, 4) is 6.07 Å². The highest BCUT2D eigenvalue weighted by atomic mass is 35.5. The molecule has 0 aromatic heterocycles. The molecule has 0 spiro atoms. The highest BCUT2D eigenvalue weighted by Gasteiger charge is 2.49. The molecule has 0 heterocycles. The van der Waals surface area contributed by atoms with Gasteiger partial charge >= 0.3 is 18.3 Å². The summed E-state index contributed by atoms with van der Waals surface area (Å²) in [6, 6.07) is 5.07. The Kier molecular flexibility index (Phi) is 4.14. The number of carbonyl (C=O) groups is 1. The number of hydrogen-bond acceptors (Lipinski definition) is 2. The Morgan fingerprint density at radius 3 is 2.56 bits per heavy atom. The summed E-state index contributed by atoms with van der Waals surface area (Å²) in [6.07, 6.45) is -4.14. The number of benzene rings is 1. The molecule has 3 nitrogen and oxygen atoms in total. The van der Waals surface area contributed by atoms with Crippen molar-refractivity contribution in [3.05, 3.63) is 28.8 Å². The first-order valence-corrected chi connectivity index (χ1v) is 4.84. The molecule has 0 atom stereocenters. The number of alkyl halides is 4. The first kappa shape index (κ1) is 14.3. The maximum Gasteiger partial charge on any atom is 0.383 e. The molecule has 0 radical (unpaired) electrons. The van der Waals surface area contributed by atoms with E-state index in [0.29, 0.717) is 0 Å². The van der Waals surface area contributed by atoms with Crippen molar-refractivity contribution >= 4 is 23.2 Å². The van der Waals surface area contributed by atoms with Crippen LogP contribution in [-0.2, 0) is 4.79 Å². The first-order chi connectivity index (χ1) is 8.28. The van der Waals surface area contributed by atoms with Crippen LogP contribution in [-0.4, -0.2) is 18.3 Å². The summed E-state index contributed by atoms with van der Waals surface area (Å²) in [6.45, 7) is 0. The van der Waals surface area contributed by atoms with Gasteiger partial charge in [-0.05, 0) is 18.2 Å². The molecule has 0 aliphatic rings. The van der Waals surface area contributed by atoms with Gasteiger partial charge in [-0.3, -0.25) is 4.79 Å². The molecule has 0 aliphatic carbocycles. The van der Waals surface area contributed by atoms with Crippen LogP contribution in [0.1, 0.15) is 5.56 Å². The van der Waals surface area contributed by atoms with Gasteiger partial charge in [0.15, 0.2) is 0 Å². The minimum Gasteiger partial charge on any atom is -0.319 e. The maximum absolute atomic E-state index is 12.7. The molecular formula is C10H5ClF4N2O. The van der Waals surface area contributed by atoms with E-state index >= 15 is 0 Å². The van der Waals surface area contributed by atoms with E-state index in [1.807, 2.05) is 0 Å². The second kappa shape index (κ2) is 5.23. The van der Waals surface area contributed by atoms with Gasteiger partial charge in [-0.2, -0.15) is 14.0 Å². The van der Waals surface area contributed by atoms with E-state index in [9.17, 15) is 22.4 Å². The van der Waals surface area contributed by atoms with Gasteiger partial charge in [0.2, 0.25) is 0 Å².